The quantitative estimate of drug-likeness (QED) is 0.860. The molecule has 5 heteroatoms. The minimum absolute atomic E-state index is 0.0532. The molecule has 2 aliphatic heterocycles. The normalized spacial score (nSPS) is 26.3. The molecule has 19 heavy (non-hydrogen) atoms. The van der Waals surface area contributed by atoms with Crippen molar-refractivity contribution in [3.8, 4) is 0 Å². The van der Waals surface area contributed by atoms with E-state index in [0.717, 1.165) is 32.4 Å². The summed E-state index contributed by atoms with van der Waals surface area (Å²) >= 11 is 3.35. The molecule has 2 atom stereocenters. The maximum atomic E-state index is 13.4. The Morgan fingerprint density at radius 1 is 1.32 bits per heavy atom. The number of benzene rings is 1. The van der Waals surface area contributed by atoms with E-state index in [1.807, 2.05) is 4.90 Å². The van der Waals surface area contributed by atoms with Crippen molar-refractivity contribution < 1.29 is 9.18 Å². The summed E-state index contributed by atoms with van der Waals surface area (Å²) in [5, 5.41) is 3.36. The van der Waals surface area contributed by atoms with Gasteiger partial charge in [0.2, 0.25) is 0 Å². The van der Waals surface area contributed by atoms with Crippen LogP contribution in [0.3, 0.4) is 0 Å². The van der Waals surface area contributed by atoms with Crippen LogP contribution in [-0.4, -0.2) is 36.0 Å². The van der Waals surface area contributed by atoms with E-state index < -0.39 is 0 Å². The molecule has 2 bridgehead atoms. The molecule has 0 radical (unpaired) electrons. The molecular weight excluding hydrogens is 311 g/mol. The molecular formula is C14H16BrFN2O. The Kier molecular flexibility index (Phi) is 3.58. The van der Waals surface area contributed by atoms with E-state index in [2.05, 4.69) is 21.2 Å². The van der Waals surface area contributed by atoms with E-state index in [1.54, 1.807) is 6.07 Å². The Morgan fingerprint density at radius 3 is 2.95 bits per heavy atom. The highest BCUT2D eigenvalue weighted by Gasteiger charge is 2.38. The monoisotopic (exact) mass is 326 g/mol. The van der Waals surface area contributed by atoms with Crippen LogP contribution < -0.4 is 5.32 Å². The van der Waals surface area contributed by atoms with Crippen molar-refractivity contribution in [3.63, 3.8) is 0 Å². The van der Waals surface area contributed by atoms with Crippen LogP contribution in [0.25, 0.3) is 0 Å². The van der Waals surface area contributed by atoms with Gasteiger partial charge in [0, 0.05) is 23.1 Å². The molecule has 1 aromatic rings. The average Bonchev–Trinajstić information content (AvgIpc) is 2.65. The number of nitrogens with zero attached hydrogens (tertiary/aromatic N) is 1. The zero-order chi connectivity index (χ0) is 13.4. The predicted molar refractivity (Wildman–Crippen MR) is 74.6 cm³/mol. The first-order chi connectivity index (χ1) is 9.16. The summed E-state index contributed by atoms with van der Waals surface area (Å²) in [6.07, 6.45) is 3.08. The van der Waals surface area contributed by atoms with E-state index in [-0.39, 0.29) is 17.8 Å². The maximum Gasteiger partial charge on any atom is 0.255 e. The van der Waals surface area contributed by atoms with Crippen LogP contribution >= 0.6 is 15.9 Å². The zero-order valence-corrected chi connectivity index (χ0v) is 12.1. The number of rotatable bonds is 1. The highest BCUT2D eigenvalue weighted by molar-refractivity contribution is 9.10. The Balaban J connectivity index is 1.93. The fourth-order valence-corrected chi connectivity index (χ4v) is 3.53. The number of carbonyl (C=O) groups is 1. The first-order valence-corrected chi connectivity index (χ1v) is 7.44. The summed E-state index contributed by atoms with van der Waals surface area (Å²) in [4.78, 5) is 14.6. The number of amides is 1. The first-order valence-electron chi connectivity index (χ1n) is 6.65. The second-order valence-electron chi connectivity index (χ2n) is 5.21. The van der Waals surface area contributed by atoms with Crippen molar-refractivity contribution in [1.29, 1.82) is 0 Å². The highest BCUT2D eigenvalue weighted by Crippen LogP contribution is 2.31. The molecule has 3 nitrogen and oxygen atoms in total. The number of hydrogen-bond acceptors (Lipinski definition) is 2. The molecule has 0 aromatic heterocycles. The number of halogens is 2. The molecule has 0 aliphatic carbocycles. The van der Waals surface area contributed by atoms with Crippen LogP contribution in [0.1, 0.15) is 29.6 Å². The molecule has 1 aromatic carbocycles. The standard InChI is InChI=1S/C14H16BrFN2O/c15-13-4-1-9(16)7-12(13)14(19)18-10-2-3-11(18)8-17-6-5-10/h1,4,7,10-11,17H,2-3,5-6,8H2. The van der Waals surface area contributed by atoms with Crippen molar-refractivity contribution in [2.75, 3.05) is 13.1 Å². The predicted octanol–water partition coefficient (Wildman–Crippen LogP) is 2.55. The summed E-state index contributed by atoms with van der Waals surface area (Å²) in [6, 6.07) is 4.82. The first kappa shape index (κ1) is 13.1. The fraction of sp³-hybridized carbons (Fsp3) is 0.500. The van der Waals surface area contributed by atoms with Gasteiger partial charge in [-0.3, -0.25) is 4.79 Å². The van der Waals surface area contributed by atoms with Crippen molar-refractivity contribution in [1.82, 2.24) is 10.2 Å². The van der Waals surface area contributed by atoms with Crippen LogP contribution in [0, 0.1) is 5.82 Å². The van der Waals surface area contributed by atoms with Gasteiger partial charge in [0.05, 0.1) is 5.56 Å². The van der Waals surface area contributed by atoms with Crippen LogP contribution in [0.2, 0.25) is 0 Å². The van der Waals surface area contributed by atoms with Crippen molar-refractivity contribution in [2.24, 2.45) is 0 Å². The highest BCUT2D eigenvalue weighted by atomic mass is 79.9. The number of nitrogens with one attached hydrogen (secondary N) is 1. The summed E-state index contributed by atoms with van der Waals surface area (Å²) in [7, 11) is 0. The van der Waals surface area contributed by atoms with Gasteiger partial charge in [-0.1, -0.05) is 0 Å². The van der Waals surface area contributed by atoms with E-state index in [4.69, 9.17) is 0 Å². The molecule has 2 unspecified atom stereocenters. The van der Waals surface area contributed by atoms with Crippen molar-refractivity contribution >= 4 is 21.8 Å². The van der Waals surface area contributed by atoms with E-state index in [9.17, 15) is 9.18 Å². The van der Waals surface area contributed by atoms with Crippen molar-refractivity contribution in [2.45, 2.75) is 31.3 Å². The zero-order valence-electron chi connectivity index (χ0n) is 10.5. The lowest BCUT2D eigenvalue weighted by atomic mass is 10.1. The van der Waals surface area contributed by atoms with Gasteiger partial charge in [0.1, 0.15) is 5.82 Å². The Hall–Kier alpha value is -0.940. The van der Waals surface area contributed by atoms with Gasteiger partial charge in [-0.2, -0.15) is 0 Å². The van der Waals surface area contributed by atoms with Crippen LogP contribution in [0.5, 0.6) is 0 Å². The summed E-state index contributed by atoms with van der Waals surface area (Å²) < 4.78 is 14.0. The lowest BCUT2D eigenvalue weighted by molar-refractivity contribution is 0.0679. The summed E-state index contributed by atoms with van der Waals surface area (Å²) in [6.45, 7) is 1.80. The third kappa shape index (κ3) is 2.41. The Labute approximate surface area is 120 Å². The molecule has 2 saturated heterocycles. The van der Waals surface area contributed by atoms with E-state index in [0.29, 0.717) is 16.1 Å². The lowest BCUT2D eigenvalue weighted by Crippen LogP contribution is -2.42. The Morgan fingerprint density at radius 2 is 2.11 bits per heavy atom. The third-order valence-corrected chi connectivity index (χ3v) is 4.74. The Bertz CT molecular complexity index is 494. The minimum atomic E-state index is -0.369. The number of carbonyl (C=O) groups excluding carboxylic acids is 1. The summed E-state index contributed by atoms with van der Waals surface area (Å²) in [5.74, 6) is -0.422. The van der Waals surface area contributed by atoms with E-state index >= 15 is 0 Å². The topological polar surface area (TPSA) is 32.3 Å². The van der Waals surface area contributed by atoms with Gasteiger partial charge < -0.3 is 10.2 Å². The average molecular weight is 327 g/mol. The smallest absolute Gasteiger partial charge is 0.255 e. The summed E-state index contributed by atoms with van der Waals surface area (Å²) in [5.41, 5.74) is 0.429. The van der Waals surface area contributed by atoms with E-state index in [1.165, 1.54) is 12.1 Å². The maximum absolute atomic E-state index is 13.4. The van der Waals surface area contributed by atoms with Crippen LogP contribution in [0.15, 0.2) is 22.7 Å². The molecule has 2 aliphatic rings. The van der Waals surface area contributed by atoms with Gasteiger partial charge in [0.25, 0.3) is 5.91 Å². The third-order valence-electron chi connectivity index (χ3n) is 4.05. The molecule has 0 saturated carbocycles. The molecule has 102 valence electrons. The van der Waals surface area contributed by atoms with Crippen LogP contribution in [-0.2, 0) is 0 Å². The lowest BCUT2D eigenvalue weighted by Gasteiger charge is -2.28. The second-order valence-corrected chi connectivity index (χ2v) is 6.07. The molecule has 0 spiro atoms. The SMILES string of the molecule is O=C(c1cc(F)ccc1Br)N1C2CCNCC1CC2. The molecule has 1 N–H and O–H groups in total. The molecule has 3 rings (SSSR count). The number of hydrogen-bond donors (Lipinski definition) is 1. The van der Waals surface area contributed by atoms with Gasteiger partial charge in [-0.05, 0) is 59.9 Å². The van der Waals surface area contributed by atoms with Gasteiger partial charge in [0.15, 0.2) is 0 Å². The van der Waals surface area contributed by atoms with Gasteiger partial charge in [-0.15, -0.1) is 0 Å². The molecule has 2 fully saturated rings. The molecule has 1 amide bonds. The fourth-order valence-electron chi connectivity index (χ4n) is 3.11. The van der Waals surface area contributed by atoms with Gasteiger partial charge >= 0.3 is 0 Å². The minimum Gasteiger partial charge on any atom is -0.331 e. The van der Waals surface area contributed by atoms with Gasteiger partial charge in [-0.25, -0.2) is 4.39 Å². The number of fused-ring (bicyclic) bond motifs is 2. The largest absolute Gasteiger partial charge is 0.331 e. The second kappa shape index (κ2) is 5.21. The van der Waals surface area contributed by atoms with Crippen LogP contribution in [0.4, 0.5) is 4.39 Å². The molecule has 2 heterocycles. The van der Waals surface area contributed by atoms with Crippen molar-refractivity contribution in [3.05, 3.63) is 34.1 Å².